The molecule has 2 atom stereocenters. The van der Waals surface area contributed by atoms with Gasteiger partial charge in [0.25, 0.3) is 5.91 Å². The molecule has 0 spiro atoms. The highest BCUT2D eigenvalue weighted by atomic mass is 32.2. The van der Waals surface area contributed by atoms with Crippen LogP contribution in [0.5, 0.6) is 0 Å². The Kier molecular flexibility index (Phi) is 8.17. The zero-order valence-electron chi connectivity index (χ0n) is 20.9. The minimum absolute atomic E-state index is 0.0219. The van der Waals surface area contributed by atoms with Crippen molar-refractivity contribution in [3.8, 4) is 0 Å². The molecule has 2 heterocycles. The number of halogens is 1. The van der Waals surface area contributed by atoms with Gasteiger partial charge in [-0.3, -0.25) is 9.59 Å². The summed E-state index contributed by atoms with van der Waals surface area (Å²) in [5.74, 6) is -0.226. The minimum atomic E-state index is -0.607. The Hall–Kier alpha value is -2.38. The van der Waals surface area contributed by atoms with Crippen molar-refractivity contribution >= 4 is 23.6 Å². The summed E-state index contributed by atoms with van der Waals surface area (Å²) in [5.41, 5.74) is 2.34. The second-order valence-corrected chi connectivity index (χ2v) is 11.6. The number of thioether (sulfide) groups is 1. The molecule has 2 amide bonds. The highest BCUT2D eigenvalue weighted by Crippen LogP contribution is 2.42. The van der Waals surface area contributed by atoms with Gasteiger partial charge in [-0.25, -0.2) is 4.39 Å². The van der Waals surface area contributed by atoms with E-state index in [-0.39, 0.29) is 23.0 Å². The van der Waals surface area contributed by atoms with Crippen LogP contribution in [0.3, 0.4) is 0 Å². The first-order chi connectivity index (χ1) is 16.7. The van der Waals surface area contributed by atoms with Crippen LogP contribution in [0.4, 0.5) is 4.39 Å². The van der Waals surface area contributed by atoms with Gasteiger partial charge in [0.15, 0.2) is 0 Å². The van der Waals surface area contributed by atoms with E-state index in [9.17, 15) is 14.0 Å². The Morgan fingerprint density at radius 2 is 1.77 bits per heavy atom. The van der Waals surface area contributed by atoms with Gasteiger partial charge in [-0.1, -0.05) is 51.5 Å². The highest BCUT2D eigenvalue weighted by Gasteiger charge is 2.42. The van der Waals surface area contributed by atoms with E-state index in [0.717, 1.165) is 25.2 Å². The molecule has 7 heteroatoms. The molecule has 2 aromatic carbocycles. The number of carbonyl (C=O) groups excluding carboxylic acids is 2. The van der Waals surface area contributed by atoms with Gasteiger partial charge in [0.2, 0.25) is 5.91 Å². The fraction of sp³-hybridized carbons (Fsp3) is 0.500. The molecule has 1 N–H and O–H groups in total. The molecule has 35 heavy (non-hydrogen) atoms. The van der Waals surface area contributed by atoms with Crippen molar-refractivity contribution < 1.29 is 14.0 Å². The van der Waals surface area contributed by atoms with Crippen molar-refractivity contribution in [2.45, 2.75) is 56.9 Å². The Bertz CT molecular complexity index is 1030. The number of hydrogen-bond donors (Lipinski definition) is 1. The van der Waals surface area contributed by atoms with Crippen LogP contribution in [-0.2, 0) is 10.2 Å². The predicted octanol–water partition coefficient (Wildman–Crippen LogP) is 4.98. The fourth-order valence-electron chi connectivity index (χ4n) is 4.77. The summed E-state index contributed by atoms with van der Waals surface area (Å²) in [7, 11) is 0. The van der Waals surface area contributed by atoms with E-state index in [4.69, 9.17) is 0 Å². The lowest BCUT2D eigenvalue weighted by Crippen LogP contribution is -2.49. The third kappa shape index (κ3) is 6.25. The van der Waals surface area contributed by atoms with E-state index in [2.05, 4.69) is 31.0 Å². The molecule has 2 unspecified atom stereocenters. The zero-order chi connectivity index (χ0) is 25.0. The van der Waals surface area contributed by atoms with E-state index < -0.39 is 11.4 Å². The van der Waals surface area contributed by atoms with E-state index in [1.807, 2.05) is 30.3 Å². The van der Waals surface area contributed by atoms with E-state index >= 15 is 0 Å². The van der Waals surface area contributed by atoms with Crippen molar-refractivity contribution in [3.05, 3.63) is 71.0 Å². The molecule has 0 aliphatic carbocycles. The maximum atomic E-state index is 14.0. The normalized spacial score (nSPS) is 21.2. The zero-order valence-corrected chi connectivity index (χ0v) is 21.7. The minimum Gasteiger partial charge on any atom is -0.353 e. The molecule has 2 aromatic rings. The predicted molar refractivity (Wildman–Crippen MR) is 140 cm³/mol. The molecule has 2 aliphatic rings. The van der Waals surface area contributed by atoms with Crippen LogP contribution in [-0.4, -0.2) is 59.6 Å². The van der Waals surface area contributed by atoms with Gasteiger partial charge in [-0.2, -0.15) is 0 Å². The highest BCUT2D eigenvalue weighted by molar-refractivity contribution is 7.99. The van der Waals surface area contributed by atoms with Gasteiger partial charge in [0, 0.05) is 24.4 Å². The third-order valence-electron chi connectivity index (χ3n) is 6.85. The number of rotatable bonds is 6. The lowest BCUT2D eigenvalue weighted by molar-refractivity contribution is -0.124. The van der Waals surface area contributed by atoms with Crippen molar-refractivity contribution in [1.29, 1.82) is 0 Å². The van der Waals surface area contributed by atoms with Crippen molar-refractivity contribution in [3.63, 3.8) is 0 Å². The van der Waals surface area contributed by atoms with Crippen LogP contribution in [0, 0.1) is 5.82 Å². The van der Waals surface area contributed by atoms with E-state index in [0.29, 0.717) is 23.4 Å². The lowest BCUT2D eigenvalue weighted by Gasteiger charge is -2.30. The summed E-state index contributed by atoms with van der Waals surface area (Å²) in [6, 6.07) is 13.3. The standard InChI is InChI=1S/C28H36FN3O2S/c1-28(2,3)22-12-10-20(11-13-22)26(34)32-24(19-35-27(32)21-8-7-9-23(29)18-21)25(33)30-14-17-31-15-5-4-6-16-31/h7-13,18,24,27H,4-6,14-17,19H2,1-3H3,(H,30,33). The molecular weight excluding hydrogens is 461 g/mol. The number of likely N-dealkylation sites (tertiary alicyclic amines) is 1. The van der Waals surface area contributed by atoms with Gasteiger partial charge in [-0.15, -0.1) is 11.8 Å². The number of hydrogen-bond acceptors (Lipinski definition) is 4. The van der Waals surface area contributed by atoms with Gasteiger partial charge in [0.05, 0.1) is 0 Å². The van der Waals surface area contributed by atoms with Crippen LogP contribution < -0.4 is 5.32 Å². The Balaban J connectivity index is 1.53. The van der Waals surface area contributed by atoms with Crippen LogP contribution in [0.25, 0.3) is 0 Å². The first-order valence-corrected chi connectivity index (χ1v) is 13.6. The molecule has 2 fully saturated rings. The topological polar surface area (TPSA) is 52.7 Å². The number of carbonyl (C=O) groups is 2. The smallest absolute Gasteiger partial charge is 0.255 e. The monoisotopic (exact) mass is 497 g/mol. The molecule has 188 valence electrons. The summed E-state index contributed by atoms with van der Waals surface area (Å²) in [5, 5.41) is 2.64. The largest absolute Gasteiger partial charge is 0.353 e. The number of nitrogens with zero attached hydrogens (tertiary/aromatic N) is 2. The first-order valence-electron chi connectivity index (χ1n) is 12.5. The number of piperidine rings is 1. The van der Waals surface area contributed by atoms with Gasteiger partial charge >= 0.3 is 0 Å². The summed E-state index contributed by atoms with van der Waals surface area (Å²) >= 11 is 1.51. The Labute approximate surface area is 212 Å². The van der Waals surface area contributed by atoms with Crippen molar-refractivity contribution in [2.24, 2.45) is 0 Å². The van der Waals surface area contributed by atoms with Gasteiger partial charge < -0.3 is 15.1 Å². The van der Waals surface area contributed by atoms with E-state index in [1.54, 1.807) is 11.0 Å². The quantitative estimate of drug-likeness (QED) is 0.612. The summed E-state index contributed by atoms with van der Waals surface area (Å²) in [6.07, 6.45) is 3.69. The molecule has 0 bridgehead atoms. The molecule has 2 aliphatic heterocycles. The first kappa shape index (κ1) is 25.7. The number of nitrogens with one attached hydrogen (secondary N) is 1. The van der Waals surface area contributed by atoms with Crippen molar-refractivity contribution in [1.82, 2.24) is 15.1 Å². The SMILES string of the molecule is CC(C)(C)c1ccc(C(=O)N2C(C(=O)NCCN3CCCCC3)CSC2c2cccc(F)c2)cc1. The second kappa shape index (κ2) is 11.1. The maximum Gasteiger partial charge on any atom is 0.255 e. The maximum absolute atomic E-state index is 14.0. The summed E-state index contributed by atoms with van der Waals surface area (Å²) in [4.78, 5) is 31.0. The lowest BCUT2D eigenvalue weighted by atomic mass is 9.86. The summed E-state index contributed by atoms with van der Waals surface area (Å²) < 4.78 is 14.0. The fourth-order valence-corrected chi connectivity index (χ4v) is 6.19. The molecule has 4 rings (SSSR count). The van der Waals surface area contributed by atoms with Crippen LogP contribution in [0.1, 0.15) is 66.9 Å². The molecular formula is C28H36FN3O2S. The van der Waals surface area contributed by atoms with E-state index in [1.165, 1.54) is 43.2 Å². The number of benzene rings is 2. The molecule has 2 saturated heterocycles. The molecule has 0 aromatic heterocycles. The van der Waals surface area contributed by atoms with Crippen molar-refractivity contribution in [2.75, 3.05) is 31.9 Å². The average Bonchev–Trinajstić information content (AvgIpc) is 3.29. The average molecular weight is 498 g/mol. The number of amides is 2. The third-order valence-corrected chi connectivity index (χ3v) is 8.17. The van der Waals surface area contributed by atoms with Gasteiger partial charge in [0.1, 0.15) is 17.2 Å². The second-order valence-electron chi connectivity index (χ2n) is 10.5. The van der Waals surface area contributed by atoms with Crippen LogP contribution >= 0.6 is 11.8 Å². The van der Waals surface area contributed by atoms with Gasteiger partial charge in [-0.05, 0) is 66.7 Å². The summed E-state index contributed by atoms with van der Waals surface area (Å²) in [6.45, 7) is 9.92. The van der Waals surface area contributed by atoms with Crippen LogP contribution in [0.15, 0.2) is 48.5 Å². The molecule has 5 nitrogen and oxygen atoms in total. The Morgan fingerprint density at radius 3 is 2.43 bits per heavy atom. The molecule has 0 radical (unpaired) electrons. The Morgan fingerprint density at radius 1 is 1.06 bits per heavy atom. The van der Waals surface area contributed by atoms with Crippen LogP contribution in [0.2, 0.25) is 0 Å². The molecule has 0 saturated carbocycles.